The number of rotatable bonds is 11. The molecule has 42 heavy (non-hydrogen) atoms. The highest BCUT2D eigenvalue weighted by Gasteiger charge is 2.28. The first kappa shape index (κ1) is 30.5. The fourth-order valence-electron chi connectivity index (χ4n) is 4.51. The summed E-state index contributed by atoms with van der Waals surface area (Å²) in [7, 11) is 0. The zero-order valence-electron chi connectivity index (χ0n) is 24.4. The first-order chi connectivity index (χ1) is 20.1. The maximum Gasteiger partial charge on any atom is 0.242 e. The fourth-order valence-corrected chi connectivity index (χ4v) is 4.51. The van der Waals surface area contributed by atoms with E-state index in [1.54, 1.807) is 42.6 Å². The highest BCUT2D eigenvalue weighted by atomic mass is 19.1. The maximum absolute atomic E-state index is 14.8. The van der Waals surface area contributed by atoms with Gasteiger partial charge < -0.3 is 25.5 Å². The molecule has 0 aliphatic rings. The van der Waals surface area contributed by atoms with Crippen LogP contribution in [0.25, 0.3) is 11.3 Å². The van der Waals surface area contributed by atoms with E-state index in [0.717, 1.165) is 5.56 Å². The molecule has 4 rings (SSSR count). The highest BCUT2D eigenvalue weighted by molar-refractivity contribution is 5.83. The Labute approximate surface area is 246 Å². The van der Waals surface area contributed by atoms with E-state index in [4.69, 9.17) is 21.6 Å². The molecule has 8 heteroatoms. The van der Waals surface area contributed by atoms with E-state index in [1.165, 1.54) is 6.07 Å². The number of terminal acetylenes is 1. The molecule has 3 aromatic carbocycles. The molecule has 0 aliphatic heterocycles. The summed E-state index contributed by atoms with van der Waals surface area (Å²) in [5, 5.41) is 3.07. The average Bonchev–Trinajstić information content (AvgIpc) is 3.47. The van der Waals surface area contributed by atoms with Gasteiger partial charge in [-0.05, 0) is 62.2 Å². The largest absolute Gasteiger partial charge is 0.491 e. The van der Waals surface area contributed by atoms with Crippen molar-refractivity contribution in [2.24, 2.45) is 5.73 Å². The van der Waals surface area contributed by atoms with Crippen LogP contribution in [-0.4, -0.2) is 34.7 Å². The van der Waals surface area contributed by atoms with Gasteiger partial charge in [0.2, 0.25) is 5.91 Å². The summed E-state index contributed by atoms with van der Waals surface area (Å²) in [6.07, 6.45) is 6.95. The second-order valence-electron chi connectivity index (χ2n) is 11.1. The lowest BCUT2D eigenvalue weighted by Crippen LogP contribution is -2.39. The van der Waals surface area contributed by atoms with Gasteiger partial charge in [0, 0.05) is 17.0 Å². The third kappa shape index (κ3) is 7.84. The van der Waals surface area contributed by atoms with Gasteiger partial charge in [0.05, 0.1) is 30.1 Å². The number of nitrogens with zero attached hydrogens (tertiary/aromatic N) is 1. The van der Waals surface area contributed by atoms with Gasteiger partial charge in [-0.15, -0.1) is 6.42 Å². The number of amides is 1. The van der Waals surface area contributed by atoms with Crippen molar-refractivity contribution in [3.05, 3.63) is 107 Å². The number of aromatic nitrogens is 2. The number of nitrogens with one attached hydrogen (secondary N) is 2. The Hall–Kier alpha value is -4.45. The summed E-state index contributed by atoms with van der Waals surface area (Å²) in [5.41, 5.74) is 9.04. The minimum absolute atomic E-state index is 0.180. The molecule has 4 aromatic rings. The molecule has 0 saturated heterocycles. The Bertz CT molecular complexity index is 1520. The Balaban J connectivity index is 1.51. The van der Waals surface area contributed by atoms with E-state index < -0.39 is 17.9 Å². The number of halogens is 1. The van der Waals surface area contributed by atoms with Gasteiger partial charge in [0.25, 0.3) is 0 Å². The van der Waals surface area contributed by atoms with Crippen LogP contribution in [0.3, 0.4) is 0 Å². The number of nitrogens with two attached hydrogens (primary N) is 1. The van der Waals surface area contributed by atoms with E-state index in [-0.39, 0.29) is 17.4 Å². The summed E-state index contributed by atoms with van der Waals surface area (Å²) >= 11 is 0. The number of hydrogen-bond donors (Lipinski definition) is 3. The van der Waals surface area contributed by atoms with Crippen molar-refractivity contribution in [1.82, 2.24) is 15.3 Å². The van der Waals surface area contributed by atoms with Crippen molar-refractivity contribution in [3.8, 4) is 29.4 Å². The zero-order valence-corrected chi connectivity index (χ0v) is 24.4. The van der Waals surface area contributed by atoms with E-state index in [2.05, 4.69) is 21.2 Å². The fraction of sp³-hybridized carbons (Fsp3) is 0.294. The van der Waals surface area contributed by atoms with Crippen molar-refractivity contribution in [2.45, 2.75) is 51.3 Å². The lowest BCUT2D eigenvalue weighted by Gasteiger charge is -2.26. The summed E-state index contributed by atoms with van der Waals surface area (Å²) in [5.74, 6) is 2.54. The quantitative estimate of drug-likeness (QED) is 0.151. The number of carbonyl (C=O) groups excluding carboxylic acids is 1. The monoisotopic (exact) mass is 568 g/mol. The van der Waals surface area contributed by atoms with Crippen molar-refractivity contribution >= 4 is 5.91 Å². The van der Waals surface area contributed by atoms with Gasteiger partial charge in [0.15, 0.2) is 0 Å². The normalized spacial score (nSPS) is 13.5. The van der Waals surface area contributed by atoms with Crippen molar-refractivity contribution in [3.63, 3.8) is 0 Å². The molecule has 1 aromatic heterocycles. The lowest BCUT2D eigenvalue weighted by molar-refractivity contribution is -0.123. The third-order valence-electron chi connectivity index (χ3n) is 6.85. The summed E-state index contributed by atoms with van der Waals surface area (Å²) in [6.45, 7) is 8.83. The smallest absolute Gasteiger partial charge is 0.242 e. The van der Waals surface area contributed by atoms with Crippen molar-refractivity contribution in [2.75, 3.05) is 13.2 Å². The standard InChI is InChI=1S/C34H37FN4O3/c1-6-23-12-17-27(28(35)20-23)29-21-37-32(38-29)31(22(2)24-10-8-7-9-11-24)39-33(40)30(36)25-13-15-26(16-14-25)41-18-19-42-34(3,4)5/h1,7-17,20-22,30-31H,18-19,36H2,2-5H3,(H,37,38)(H,39,40)/t22-,30?,31+/m1/s1. The number of benzene rings is 3. The van der Waals surface area contributed by atoms with Gasteiger partial charge in [-0.3, -0.25) is 4.79 Å². The van der Waals surface area contributed by atoms with Crippen molar-refractivity contribution < 1.29 is 18.7 Å². The lowest BCUT2D eigenvalue weighted by atomic mass is 9.92. The Morgan fingerprint density at radius 1 is 1.07 bits per heavy atom. The van der Waals surface area contributed by atoms with Gasteiger partial charge in [-0.25, -0.2) is 9.37 Å². The van der Waals surface area contributed by atoms with Crippen molar-refractivity contribution in [1.29, 1.82) is 0 Å². The molecule has 0 aliphatic carbocycles. The second kappa shape index (κ2) is 13.5. The molecule has 0 radical (unpaired) electrons. The molecule has 0 spiro atoms. The second-order valence-corrected chi connectivity index (χ2v) is 11.1. The van der Waals surface area contributed by atoms with Crippen LogP contribution < -0.4 is 15.8 Å². The van der Waals surface area contributed by atoms with Gasteiger partial charge in [-0.2, -0.15) is 0 Å². The predicted octanol–water partition coefficient (Wildman–Crippen LogP) is 6.05. The number of imidazole rings is 1. The zero-order chi connectivity index (χ0) is 30.3. The molecule has 7 nitrogen and oxygen atoms in total. The molecule has 4 N–H and O–H groups in total. The van der Waals surface area contributed by atoms with Gasteiger partial charge >= 0.3 is 0 Å². The Kier molecular flexibility index (Phi) is 9.79. The number of carbonyl (C=O) groups is 1. The van der Waals surface area contributed by atoms with Crippen LogP contribution >= 0.6 is 0 Å². The molecule has 0 saturated carbocycles. The minimum Gasteiger partial charge on any atom is -0.491 e. The van der Waals surface area contributed by atoms with E-state index in [0.29, 0.717) is 47.2 Å². The number of H-pyrrole nitrogens is 1. The molecule has 1 unspecified atom stereocenters. The first-order valence-corrected chi connectivity index (χ1v) is 13.8. The third-order valence-corrected chi connectivity index (χ3v) is 6.85. The maximum atomic E-state index is 14.8. The van der Waals surface area contributed by atoms with Gasteiger partial charge in [-0.1, -0.05) is 55.3 Å². The summed E-state index contributed by atoms with van der Waals surface area (Å²) in [6, 6.07) is 19.9. The average molecular weight is 569 g/mol. The molecule has 0 fully saturated rings. The van der Waals surface area contributed by atoms with Gasteiger partial charge in [0.1, 0.15) is 30.0 Å². The van der Waals surface area contributed by atoms with Crippen LogP contribution in [0.2, 0.25) is 0 Å². The molecular weight excluding hydrogens is 531 g/mol. The topological polar surface area (TPSA) is 102 Å². The highest BCUT2D eigenvalue weighted by Crippen LogP contribution is 2.32. The number of hydrogen-bond acceptors (Lipinski definition) is 5. The van der Waals surface area contributed by atoms with Crippen LogP contribution in [0.4, 0.5) is 4.39 Å². The molecule has 218 valence electrons. The first-order valence-electron chi connectivity index (χ1n) is 13.8. The number of aromatic amines is 1. The van der Waals surface area contributed by atoms with Crippen LogP contribution in [0.5, 0.6) is 5.75 Å². The van der Waals surface area contributed by atoms with Crippen LogP contribution in [-0.2, 0) is 9.53 Å². The molecule has 0 bridgehead atoms. The minimum atomic E-state index is -0.933. The summed E-state index contributed by atoms with van der Waals surface area (Å²) < 4.78 is 26.2. The molecule has 1 heterocycles. The predicted molar refractivity (Wildman–Crippen MR) is 162 cm³/mol. The summed E-state index contributed by atoms with van der Waals surface area (Å²) in [4.78, 5) is 21.2. The van der Waals surface area contributed by atoms with Crippen LogP contribution in [0.15, 0.2) is 79.0 Å². The van der Waals surface area contributed by atoms with E-state index in [9.17, 15) is 9.18 Å². The van der Waals surface area contributed by atoms with Crippen LogP contribution in [0.1, 0.15) is 68.2 Å². The molecule has 1 amide bonds. The Morgan fingerprint density at radius 2 is 1.79 bits per heavy atom. The SMILES string of the molecule is C#Cc1ccc(-c2cnc([C@@H](NC(=O)C(N)c3ccc(OCCOC(C)(C)C)cc3)[C@H](C)c3ccccc3)[nH]2)c(F)c1. The Morgan fingerprint density at radius 3 is 2.43 bits per heavy atom. The molecular formula is C34H37FN4O3. The number of ether oxygens (including phenoxy) is 2. The van der Waals surface area contributed by atoms with E-state index in [1.807, 2.05) is 58.0 Å². The van der Waals surface area contributed by atoms with Crippen LogP contribution in [0, 0.1) is 18.2 Å². The molecule has 3 atom stereocenters. The van der Waals surface area contributed by atoms with E-state index >= 15 is 0 Å².